The van der Waals surface area contributed by atoms with Gasteiger partial charge in [-0.05, 0) is 51.4 Å². The Morgan fingerprint density at radius 3 is 1.45 bits per heavy atom. The number of unbranched alkanes of at least 4 members (excludes halogenated alkanes) is 20. The van der Waals surface area contributed by atoms with Gasteiger partial charge in [0, 0.05) is 12.8 Å². The molecule has 2 aliphatic rings. The van der Waals surface area contributed by atoms with Crippen molar-refractivity contribution in [3.63, 3.8) is 0 Å². The molecule has 2 rings (SSSR count). The van der Waals surface area contributed by atoms with Crippen molar-refractivity contribution in [3.05, 3.63) is 24.3 Å². The molecular weight excluding hydrogens is 829 g/mol. The Balaban J connectivity index is 1.84. The second kappa shape index (κ2) is 37.0. The second-order valence-corrected chi connectivity index (χ2v) is 17.6. The van der Waals surface area contributed by atoms with E-state index < -0.39 is 99.3 Å². The van der Waals surface area contributed by atoms with Crippen LogP contribution in [-0.4, -0.2) is 142 Å². The third kappa shape index (κ3) is 25.2. The van der Waals surface area contributed by atoms with E-state index in [1.54, 1.807) is 0 Å². The van der Waals surface area contributed by atoms with Crippen molar-refractivity contribution in [2.24, 2.45) is 0 Å². The van der Waals surface area contributed by atoms with Gasteiger partial charge in [-0.15, -0.1) is 0 Å². The molecule has 0 amide bonds. The molecule has 15 heteroatoms. The number of carbonyl (C=O) groups is 2. The first-order valence-corrected chi connectivity index (χ1v) is 24.9. The molecule has 2 fully saturated rings. The highest BCUT2D eigenvalue weighted by Gasteiger charge is 2.47. The average Bonchev–Trinajstić information content (AvgIpc) is 3.29. The third-order valence-corrected chi connectivity index (χ3v) is 11.9. The van der Waals surface area contributed by atoms with Crippen LogP contribution >= 0.6 is 0 Å². The minimum Gasteiger partial charge on any atom is -0.462 e. The number of aliphatic hydroxyl groups excluding tert-OH is 7. The monoisotopic (exact) mass is 917 g/mol. The number of aliphatic hydroxyl groups is 7. The molecule has 0 aromatic rings. The topological polar surface area (TPSA) is 231 Å². The van der Waals surface area contributed by atoms with Gasteiger partial charge in [-0.3, -0.25) is 9.59 Å². The fourth-order valence-electron chi connectivity index (χ4n) is 7.76. The summed E-state index contributed by atoms with van der Waals surface area (Å²) in [6.07, 6.45) is 19.4. The van der Waals surface area contributed by atoms with Gasteiger partial charge >= 0.3 is 11.9 Å². The van der Waals surface area contributed by atoms with Crippen LogP contribution in [0.2, 0.25) is 0 Å². The lowest BCUT2D eigenvalue weighted by atomic mass is 9.98. The van der Waals surface area contributed by atoms with Crippen LogP contribution in [-0.2, 0) is 38.0 Å². The van der Waals surface area contributed by atoms with E-state index in [2.05, 4.69) is 32.1 Å². The highest BCUT2D eigenvalue weighted by Crippen LogP contribution is 2.26. The van der Waals surface area contributed by atoms with Crippen molar-refractivity contribution in [1.29, 1.82) is 0 Å². The van der Waals surface area contributed by atoms with Gasteiger partial charge < -0.3 is 64.2 Å². The van der Waals surface area contributed by atoms with E-state index >= 15 is 0 Å². The summed E-state index contributed by atoms with van der Waals surface area (Å²) in [5.41, 5.74) is 0. The molecule has 15 nitrogen and oxygen atoms in total. The molecule has 11 atom stereocenters. The molecule has 0 bridgehead atoms. The quantitative estimate of drug-likeness (QED) is 0.0203. The van der Waals surface area contributed by atoms with Gasteiger partial charge in [-0.2, -0.15) is 0 Å². The van der Waals surface area contributed by atoms with Crippen molar-refractivity contribution in [1.82, 2.24) is 0 Å². The Bertz CT molecular complexity index is 1220. The minimum absolute atomic E-state index is 0.135. The Labute approximate surface area is 383 Å². The van der Waals surface area contributed by atoms with E-state index in [-0.39, 0.29) is 19.4 Å². The number of hydrogen-bond donors (Lipinski definition) is 7. The van der Waals surface area contributed by atoms with Gasteiger partial charge in [0.25, 0.3) is 0 Å². The summed E-state index contributed by atoms with van der Waals surface area (Å²) in [5.74, 6) is -0.989. The van der Waals surface area contributed by atoms with E-state index in [1.165, 1.54) is 89.9 Å². The zero-order valence-corrected chi connectivity index (χ0v) is 39.3. The number of esters is 2. The molecular formula is C49H88O15. The van der Waals surface area contributed by atoms with Crippen LogP contribution in [0.25, 0.3) is 0 Å². The molecule has 374 valence electrons. The molecule has 0 spiro atoms. The van der Waals surface area contributed by atoms with Gasteiger partial charge in [0.05, 0.1) is 19.8 Å². The molecule has 64 heavy (non-hydrogen) atoms. The van der Waals surface area contributed by atoms with Gasteiger partial charge in [-0.1, -0.05) is 141 Å². The minimum atomic E-state index is -1.77. The number of allylic oxidation sites excluding steroid dienone is 4. The third-order valence-electron chi connectivity index (χ3n) is 11.9. The molecule has 0 radical (unpaired) electrons. The van der Waals surface area contributed by atoms with Crippen molar-refractivity contribution in [3.8, 4) is 0 Å². The van der Waals surface area contributed by atoms with Crippen LogP contribution in [0.1, 0.15) is 181 Å². The van der Waals surface area contributed by atoms with E-state index in [4.69, 9.17) is 28.4 Å². The maximum atomic E-state index is 13.0. The van der Waals surface area contributed by atoms with E-state index in [1.807, 2.05) is 6.08 Å². The second-order valence-electron chi connectivity index (χ2n) is 17.6. The van der Waals surface area contributed by atoms with Crippen molar-refractivity contribution in [2.75, 3.05) is 26.4 Å². The summed E-state index contributed by atoms with van der Waals surface area (Å²) >= 11 is 0. The lowest BCUT2D eigenvalue weighted by molar-refractivity contribution is -0.332. The number of rotatable bonds is 38. The first kappa shape index (κ1) is 58.1. The molecule has 0 aromatic carbocycles. The van der Waals surface area contributed by atoms with Crippen LogP contribution in [0.4, 0.5) is 0 Å². The number of carbonyl (C=O) groups excluding carboxylic acids is 2. The zero-order chi connectivity index (χ0) is 46.8. The highest BCUT2D eigenvalue weighted by atomic mass is 16.7. The Morgan fingerprint density at radius 1 is 0.484 bits per heavy atom. The normalized spacial score (nSPS) is 26.8. The summed E-state index contributed by atoms with van der Waals surface area (Å²) in [6.45, 7) is 2.52. The smallest absolute Gasteiger partial charge is 0.306 e. The summed E-state index contributed by atoms with van der Waals surface area (Å²) < 4.78 is 33.5. The first-order valence-electron chi connectivity index (χ1n) is 24.9. The summed E-state index contributed by atoms with van der Waals surface area (Å²) in [7, 11) is 0. The van der Waals surface area contributed by atoms with Crippen molar-refractivity contribution < 1.29 is 73.8 Å². The van der Waals surface area contributed by atoms with E-state index in [9.17, 15) is 45.3 Å². The molecule has 2 aliphatic heterocycles. The van der Waals surface area contributed by atoms with Crippen LogP contribution in [0.3, 0.4) is 0 Å². The van der Waals surface area contributed by atoms with Crippen molar-refractivity contribution in [2.45, 2.75) is 248 Å². The molecule has 2 heterocycles. The molecule has 7 N–H and O–H groups in total. The standard InChI is InChI=1S/C49H88O15/c1-3-5-7-9-11-13-15-17-18-20-21-23-25-27-29-31-40(51)59-34-37(62-41(52)32-30-28-26-24-22-19-16-14-12-10-8-6-4-2)35-60-48-47(58)45(56)43(54)39(64-48)36-61-49-46(57)44(55)42(53)38(33-50)63-49/h14,16,25,27,37-39,42-50,53-58H,3-13,15,17-24,26,28-36H2,1-2H3/b16-14+,27-25+/t37-,38-,39-,42+,43+,44?,45?,46?,47?,48-,49-/m1/s1. The van der Waals surface area contributed by atoms with Crippen LogP contribution in [0, 0.1) is 0 Å². The molecule has 0 saturated carbocycles. The lowest BCUT2D eigenvalue weighted by Gasteiger charge is -2.42. The molecule has 2 saturated heterocycles. The zero-order valence-electron chi connectivity index (χ0n) is 39.3. The Kier molecular flexibility index (Phi) is 33.6. The lowest BCUT2D eigenvalue weighted by Crippen LogP contribution is -2.61. The Morgan fingerprint density at radius 2 is 0.922 bits per heavy atom. The largest absolute Gasteiger partial charge is 0.462 e. The molecule has 0 aromatic heterocycles. The van der Waals surface area contributed by atoms with Crippen LogP contribution < -0.4 is 0 Å². The SMILES string of the molecule is CCCCCC/C=C/CCCCCCCC(=O)O[C@H](COC(=O)CC/C=C/CCCCCCCCCCCCC)CO[C@@H]1O[C@H](CO[C@@H]2O[C@H](CO)[C@H](O)C(O)C2O)[C@H](O)C(O)C1O. The highest BCUT2D eigenvalue weighted by molar-refractivity contribution is 5.70. The first-order chi connectivity index (χ1) is 31.0. The van der Waals surface area contributed by atoms with Crippen LogP contribution in [0.5, 0.6) is 0 Å². The maximum absolute atomic E-state index is 13.0. The fraction of sp³-hybridized carbons (Fsp3) is 0.878. The summed E-state index contributed by atoms with van der Waals surface area (Å²) in [4.78, 5) is 25.7. The number of ether oxygens (including phenoxy) is 6. The number of hydrogen-bond acceptors (Lipinski definition) is 15. The van der Waals surface area contributed by atoms with Crippen LogP contribution in [0.15, 0.2) is 24.3 Å². The van der Waals surface area contributed by atoms with Gasteiger partial charge in [-0.25, -0.2) is 0 Å². The summed E-state index contributed by atoms with van der Waals surface area (Å²) in [5, 5.41) is 72.0. The average molecular weight is 917 g/mol. The van der Waals surface area contributed by atoms with Gasteiger partial charge in [0.2, 0.25) is 0 Å². The molecule has 0 aliphatic carbocycles. The fourth-order valence-corrected chi connectivity index (χ4v) is 7.76. The van der Waals surface area contributed by atoms with E-state index in [0.717, 1.165) is 51.4 Å². The Hall–Kier alpha value is -2.02. The summed E-state index contributed by atoms with van der Waals surface area (Å²) in [6, 6.07) is 0. The predicted molar refractivity (Wildman–Crippen MR) is 243 cm³/mol. The van der Waals surface area contributed by atoms with Crippen molar-refractivity contribution >= 4 is 11.9 Å². The van der Waals surface area contributed by atoms with E-state index in [0.29, 0.717) is 12.8 Å². The van der Waals surface area contributed by atoms with Gasteiger partial charge in [0.15, 0.2) is 18.7 Å². The maximum Gasteiger partial charge on any atom is 0.306 e. The molecule has 4 unspecified atom stereocenters. The predicted octanol–water partition coefficient (Wildman–Crippen LogP) is 6.38. The van der Waals surface area contributed by atoms with Gasteiger partial charge in [0.1, 0.15) is 55.4 Å².